The molecule has 1 aromatic carbocycles. The number of carbonyl (C=O) groups is 1. The Morgan fingerprint density at radius 1 is 1.33 bits per heavy atom. The number of carbonyl (C=O) groups excluding carboxylic acids is 1. The van der Waals surface area contributed by atoms with E-state index in [-0.39, 0.29) is 5.91 Å². The van der Waals surface area contributed by atoms with Crippen molar-refractivity contribution in [3.05, 3.63) is 64.9 Å². The molecule has 5 heteroatoms. The highest BCUT2D eigenvalue weighted by Gasteiger charge is 2.21. The van der Waals surface area contributed by atoms with Crippen LogP contribution in [0.3, 0.4) is 0 Å². The highest BCUT2D eigenvalue weighted by molar-refractivity contribution is 7.15. The second-order valence-corrected chi connectivity index (χ2v) is 6.54. The summed E-state index contributed by atoms with van der Waals surface area (Å²) in [4.78, 5) is 20.2. The SMILES string of the molecule is CCCN(CC=Cc1ccccc1)C(=O)c1c(C)nc2sccn12. The Morgan fingerprint density at radius 3 is 2.88 bits per heavy atom. The molecule has 0 saturated carbocycles. The molecule has 0 aliphatic heterocycles. The first-order chi connectivity index (χ1) is 11.7. The van der Waals surface area contributed by atoms with Crippen LogP contribution in [0.5, 0.6) is 0 Å². The van der Waals surface area contributed by atoms with Crippen LogP contribution in [0.25, 0.3) is 11.0 Å². The number of aromatic nitrogens is 2. The fraction of sp³-hybridized carbons (Fsp3) is 0.263. The average molecular weight is 339 g/mol. The van der Waals surface area contributed by atoms with E-state index in [1.165, 1.54) is 0 Å². The molecule has 0 aliphatic carbocycles. The number of amides is 1. The van der Waals surface area contributed by atoms with Gasteiger partial charge in [-0.25, -0.2) is 4.98 Å². The lowest BCUT2D eigenvalue weighted by molar-refractivity contribution is 0.0766. The molecule has 124 valence electrons. The number of aryl methyl sites for hydroxylation is 1. The van der Waals surface area contributed by atoms with Crippen LogP contribution in [0, 0.1) is 6.92 Å². The summed E-state index contributed by atoms with van der Waals surface area (Å²) in [6, 6.07) is 10.1. The molecule has 0 fully saturated rings. The number of nitrogens with zero attached hydrogens (tertiary/aromatic N) is 3. The molecule has 2 heterocycles. The van der Waals surface area contributed by atoms with Gasteiger partial charge in [0.2, 0.25) is 0 Å². The number of imidazole rings is 1. The summed E-state index contributed by atoms with van der Waals surface area (Å²) >= 11 is 1.55. The molecule has 3 rings (SSSR count). The Labute approximate surface area is 146 Å². The minimum Gasteiger partial charge on any atom is -0.334 e. The Morgan fingerprint density at radius 2 is 2.12 bits per heavy atom. The van der Waals surface area contributed by atoms with E-state index in [0.29, 0.717) is 12.2 Å². The van der Waals surface area contributed by atoms with Crippen LogP contribution in [0.2, 0.25) is 0 Å². The highest BCUT2D eigenvalue weighted by atomic mass is 32.1. The van der Waals surface area contributed by atoms with Gasteiger partial charge in [-0.05, 0) is 18.9 Å². The van der Waals surface area contributed by atoms with Gasteiger partial charge in [-0.1, -0.05) is 49.4 Å². The maximum atomic E-state index is 13.0. The number of hydrogen-bond acceptors (Lipinski definition) is 3. The number of rotatable bonds is 6. The third-order valence-corrected chi connectivity index (χ3v) is 4.61. The van der Waals surface area contributed by atoms with Crippen LogP contribution in [0.15, 0.2) is 48.0 Å². The largest absolute Gasteiger partial charge is 0.334 e. The van der Waals surface area contributed by atoms with Crippen LogP contribution in [-0.2, 0) is 0 Å². The summed E-state index contributed by atoms with van der Waals surface area (Å²) in [6.07, 6.45) is 6.94. The monoisotopic (exact) mass is 339 g/mol. The minimum absolute atomic E-state index is 0.0398. The van der Waals surface area contributed by atoms with Crippen LogP contribution in [0.1, 0.15) is 35.1 Å². The van der Waals surface area contributed by atoms with Crippen molar-refractivity contribution < 1.29 is 4.79 Å². The van der Waals surface area contributed by atoms with Crippen LogP contribution in [-0.4, -0.2) is 33.3 Å². The van der Waals surface area contributed by atoms with Crippen molar-refractivity contribution in [3.8, 4) is 0 Å². The lowest BCUT2D eigenvalue weighted by atomic mass is 10.2. The van der Waals surface area contributed by atoms with E-state index in [1.807, 2.05) is 52.1 Å². The molecule has 4 nitrogen and oxygen atoms in total. The van der Waals surface area contributed by atoms with E-state index in [2.05, 4.69) is 30.1 Å². The lowest BCUT2D eigenvalue weighted by Gasteiger charge is -2.20. The van der Waals surface area contributed by atoms with Crippen molar-refractivity contribution in [3.63, 3.8) is 0 Å². The second kappa shape index (κ2) is 7.45. The Hall–Kier alpha value is -2.40. The maximum absolute atomic E-state index is 13.0. The highest BCUT2D eigenvalue weighted by Crippen LogP contribution is 2.18. The zero-order valence-electron chi connectivity index (χ0n) is 14.0. The molecule has 24 heavy (non-hydrogen) atoms. The van der Waals surface area contributed by atoms with Crippen LogP contribution < -0.4 is 0 Å². The summed E-state index contributed by atoms with van der Waals surface area (Å²) < 4.78 is 1.89. The first kappa shape index (κ1) is 16.5. The maximum Gasteiger partial charge on any atom is 0.273 e. The molecule has 0 spiro atoms. The number of fused-ring (bicyclic) bond motifs is 1. The van der Waals surface area contributed by atoms with Gasteiger partial charge in [0.05, 0.1) is 5.69 Å². The number of thiazole rings is 1. The van der Waals surface area contributed by atoms with E-state index in [4.69, 9.17) is 0 Å². The van der Waals surface area contributed by atoms with Gasteiger partial charge in [0.25, 0.3) is 5.91 Å². The van der Waals surface area contributed by atoms with E-state index in [0.717, 1.165) is 29.2 Å². The third-order valence-electron chi connectivity index (χ3n) is 3.86. The molecule has 0 aliphatic rings. The number of benzene rings is 1. The van der Waals surface area contributed by atoms with Crippen molar-refractivity contribution in [2.24, 2.45) is 0 Å². The molecule has 0 bridgehead atoms. The first-order valence-electron chi connectivity index (χ1n) is 8.13. The summed E-state index contributed by atoms with van der Waals surface area (Å²) in [6.45, 7) is 5.31. The fourth-order valence-corrected chi connectivity index (χ4v) is 3.49. The fourth-order valence-electron chi connectivity index (χ4n) is 2.73. The Kier molecular flexibility index (Phi) is 5.11. The molecule has 0 radical (unpaired) electrons. The van der Waals surface area contributed by atoms with E-state index in [1.54, 1.807) is 11.3 Å². The topological polar surface area (TPSA) is 37.6 Å². The van der Waals surface area contributed by atoms with Gasteiger partial charge in [0.1, 0.15) is 5.69 Å². The number of hydrogen-bond donors (Lipinski definition) is 0. The van der Waals surface area contributed by atoms with Gasteiger partial charge in [-0.2, -0.15) is 0 Å². The standard InChI is InChI=1S/C19H21N3OS/c1-3-11-21(12-7-10-16-8-5-4-6-9-16)18(23)17-15(2)20-19-22(17)13-14-24-19/h4-10,13-14H,3,11-12H2,1-2H3. The van der Waals surface area contributed by atoms with Gasteiger partial charge >= 0.3 is 0 Å². The molecule has 0 atom stereocenters. The molecule has 1 amide bonds. The first-order valence-corrected chi connectivity index (χ1v) is 9.01. The van der Waals surface area contributed by atoms with Gasteiger partial charge in [-0.15, -0.1) is 11.3 Å². The summed E-state index contributed by atoms with van der Waals surface area (Å²) in [5.74, 6) is 0.0398. The van der Waals surface area contributed by atoms with Crippen LogP contribution >= 0.6 is 11.3 Å². The van der Waals surface area contributed by atoms with E-state index in [9.17, 15) is 4.79 Å². The predicted octanol–water partition coefficient (Wildman–Crippen LogP) is 4.27. The van der Waals surface area contributed by atoms with Gasteiger partial charge in [0.15, 0.2) is 4.96 Å². The quantitative estimate of drug-likeness (QED) is 0.672. The lowest BCUT2D eigenvalue weighted by Crippen LogP contribution is -2.33. The summed E-state index contributed by atoms with van der Waals surface area (Å²) in [7, 11) is 0. The van der Waals surface area contributed by atoms with Gasteiger partial charge < -0.3 is 4.90 Å². The molecule has 0 saturated heterocycles. The molecular weight excluding hydrogens is 318 g/mol. The average Bonchev–Trinajstić information content (AvgIpc) is 3.14. The van der Waals surface area contributed by atoms with Crippen molar-refractivity contribution >= 4 is 28.3 Å². The summed E-state index contributed by atoms with van der Waals surface area (Å²) in [5.41, 5.74) is 2.61. The van der Waals surface area contributed by atoms with Crippen molar-refractivity contribution in [2.75, 3.05) is 13.1 Å². The minimum atomic E-state index is 0.0398. The van der Waals surface area contributed by atoms with Crippen molar-refractivity contribution in [1.29, 1.82) is 0 Å². The van der Waals surface area contributed by atoms with E-state index < -0.39 is 0 Å². The molecule has 0 N–H and O–H groups in total. The zero-order chi connectivity index (χ0) is 16.9. The Bertz CT molecular complexity index is 848. The molecule has 0 unspecified atom stereocenters. The smallest absolute Gasteiger partial charge is 0.273 e. The van der Waals surface area contributed by atoms with Gasteiger partial charge in [0, 0.05) is 24.7 Å². The normalized spacial score (nSPS) is 11.4. The van der Waals surface area contributed by atoms with Gasteiger partial charge in [-0.3, -0.25) is 9.20 Å². The Balaban J connectivity index is 1.80. The van der Waals surface area contributed by atoms with Crippen LogP contribution in [0.4, 0.5) is 0 Å². The van der Waals surface area contributed by atoms with E-state index >= 15 is 0 Å². The second-order valence-electron chi connectivity index (χ2n) is 5.67. The molecule has 3 aromatic rings. The van der Waals surface area contributed by atoms with Crippen molar-refractivity contribution in [2.45, 2.75) is 20.3 Å². The third kappa shape index (κ3) is 3.41. The molecule has 2 aromatic heterocycles. The zero-order valence-corrected chi connectivity index (χ0v) is 14.8. The predicted molar refractivity (Wildman–Crippen MR) is 99.5 cm³/mol. The summed E-state index contributed by atoms with van der Waals surface area (Å²) in [5, 5.41) is 1.96. The molecular formula is C19H21N3OS. The van der Waals surface area contributed by atoms with Crippen molar-refractivity contribution in [1.82, 2.24) is 14.3 Å².